The van der Waals surface area contributed by atoms with E-state index in [1.54, 1.807) is 31.1 Å². The Morgan fingerprint density at radius 3 is 2.05 bits per heavy atom. The molecule has 0 bridgehead atoms. The van der Waals surface area contributed by atoms with Crippen LogP contribution in [0.25, 0.3) is 0 Å². The van der Waals surface area contributed by atoms with Crippen LogP contribution in [0.15, 0.2) is 18.2 Å². The third-order valence-corrected chi connectivity index (χ3v) is 2.60. The molecule has 1 aromatic carbocycles. The highest BCUT2D eigenvalue weighted by molar-refractivity contribution is 7.80. The maximum absolute atomic E-state index is 11.7. The van der Waals surface area contributed by atoms with Crippen LogP contribution in [0.4, 0.5) is 0 Å². The Hall–Kier alpha value is -1.95. The third kappa shape index (κ3) is 4.03. The molecule has 19 heavy (non-hydrogen) atoms. The molecule has 0 saturated carbocycles. The molecule has 0 unspecified atom stereocenters. The highest BCUT2D eigenvalue weighted by Crippen LogP contribution is 2.29. The van der Waals surface area contributed by atoms with E-state index in [2.05, 4.69) is 0 Å². The molecule has 6 heteroatoms. The topological polar surface area (TPSA) is 55.8 Å². The molecule has 0 spiro atoms. The highest BCUT2D eigenvalue weighted by Gasteiger charge is 2.18. The van der Waals surface area contributed by atoms with Crippen LogP contribution in [0.3, 0.4) is 0 Å². The van der Waals surface area contributed by atoms with Crippen molar-refractivity contribution in [2.24, 2.45) is 0 Å². The summed E-state index contributed by atoms with van der Waals surface area (Å²) in [5.41, 5.74) is 0.196. The van der Waals surface area contributed by atoms with E-state index in [-0.39, 0.29) is 28.0 Å². The van der Waals surface area contributed by atoms with Crippen LogP contribution >= 0.6 is 12.2 Å². The number of hydrogen-bond donors (Lipinski definition) is 0. The van der Waals surface area contributed by atoms with Gasteiger partial charge in [0.15, 0.2) is 5.78 Å². The molecule has 0 N–H and O–H groups in total. The largest absolute Gasteiger partial charge is 0.431 e. The average molecular weight is 281 g/mol. The number of ether oxygens (including phenoxy) is 2. The summed E-state index contributed by atoms with van der Waals surface area (Å²) < 4.78 is 10.4. The molecule has 1 aromatic rings. The number of ketones is 1. The molecule has 0 saturated heterocycles. The van der Waals surface area contributed by atoms with E-state index in [1.807, 2.05) is 0 Å². The number of thiocarbonyl (C=S) groups is 1. The maximum Gasteiger partial charge on any atom is 0.308 e. The van der Waals surface area contributed by atoms with Crippen LogP contribution < -0.4 is 9.47 Å². The van der Waals surface area contributed by atoms with Crippen molar-refractivity contribution in [1.29, 1.82) is 0 Å². The SMILES string of the molecule is CC(=O)Oc1cccc(OC(=S)N(C)C)c1C(C)=O. The van der Waals surface area contributed by atoms with Crippen LogP contribution in [0, 0.1) is 0 Å². The fraction of sp³-hybridized carbons (Fsp3) is 0.308. The number of Topliss-reactive ketones (excluding diaryl/α,β-unsaturated/α-hetero) is 1. The molecule has 0 heterocycles. The monoisotopic (exact) mass is 281 g/mol. The quantitative estimate of drug-likeness (QED) is 0.366. The standard InChI is InChI=1S/C13H15NO4S/c1-8(15)12-10(17-9(2)16)6-5-7-11(12)18-13(19)14(3)4/h5-7H,1-4H3. The minimum atomic E-state index is -0.505. The van der Waals surface area contributed by atoms with Crippen LogP contribution in [-0.4, -0.2) is 35.9 Å². The molecule has 0 aliphatic rings. The Labute approximate surface area is 117 Å². The van der Waals surface area contributed by atoms with Gasteiger partial charge in [0, 0.05) is 21.0 Å². The number of hydrogen-bond acceptors (Lipinski definition) is 5. The number of carbonyl (C=O) groups excluding carboxylic acids is 2. The van der Waals surface area contributed by atoms with Crippen molar-refractivity contribution < 1.29 is 19.1 Å². The molecule has 0 radical (unpaired) electrons. The molecule has 5 nitrogen and oxygen atoms in total. The number of nitrogens with zero attached hydrogens (tertiary/aromatic N) is 1. The van der Waals surface area contributed by atoms with Gasteiger partial charge in [-0.05, 0) is 31.3 Å². The van der Waals surface area contributed by atoms with Gasteiger partial charge in [0.25, 0.3) is 5.17 Å². The van der Waals surface area contributed by atoms with Crippen LogP contribution in [-0.2, 0) is 4.79 Å². The van der Waals surface area contributed by atoms with Crippen molar-refractivity contribution in [1.82, 2.24) is 4.90 Å². The lowest BCUT2D eigenvalue weighted by Crippen LogP contribution is -2.25. The molecule has 102 valence electrons. The molecule has 0 aliphatic heterocycles. The van der Waals surface area contributed by atoms with Gasteiger partial charge in [-0.1, -0.05) is 6.07 Å². The minimum absolute atomic E-state index is 0.166. The lowest BCUT2D eigenvalue weighted by molar-refractivity contribution is -0.131. The first-order chi connectivity index (χ1) is 8.82. The van der Waals surface area contributed by atoms with Gasteiger partial charge in [-0.2, -0.15) is 0 Å². The first kappa shape index (κ1) is 15.1. The summed E-state index contributed by atoms with van der Waals surface area (Å²) in [6.07, 6.45) is 0. The third-order valence-electron chi connectivity index (χ3n) is 2.16. The summed E-state index contributed by atoms with van der Waals surface area (Å²) >= 11 is 5.02. The van der Waals surface area contributed by atoms with Crippen molar-refractivity contribution >= 4 is 29.1 Å². The van der Waals surface area contributed by atoms with Crippen molar-refractivity contribution in [2.45, 2.75) is 13.8 Å². The lowest BCUT2D eigenvalue weighted by Gasteiger charge is -2.17. The van der Waals surface area contributed by atoms with Gasteiger partial charge in [0.1, 0.15) is 17.1 Å². The number of benzene rings is 1. The van der Waals surface area contributed by atoms with E-state index in [9.17, 15) is 9.59 Å². The smallest absolute Gasteiger partial charge is 0.308 e. The van der Waals surface area contributed by atoms with Crippen molar-refractivity contribution in [2.75, 3.05) is 14.1 Å². The van der Waals surface area contributed by atoms with E-state index < -0.39 is 5.97 Å². The molecular formula is C13H15NO4S. The second-order valence-corrected chi connectivity index (χ2v) is 4.39. The van der Waals surface area contributed by atoms with E-state index in [1.165, 1.54) is 19.9 Å². The number of rotatable bonds is 3. The van der Waals surface area contributed by atoms with Crippen LogP contribution in [0.1, 0.15) is 24.2 Å². The molecule has 0 fully saturated rings. The zero-order chi connectivity index (χ0) is 14.6. The fourth-order valence-corrected chi connectivity index (χ4v) is 1.46. The predicted octanol–water partition coefficient (Wildman–Crippen LogP) is 2.04. The van der Waals surface area contributed by atoms with Gasteiger partial charge in [0.2, 0.25) is 0 Å². The normalized spacial score (nSPS) is 9.68. The minimum Gasteiger partial charge on any atom is -0.431 e. The first-order valence-electron chi connectivity index (χ1n) is 5.54. The molecule has 1 rings (SSSR count). The van der Waals surface area contributed by atoms with Gasteiger partial charge in [-0.25, -0.2) is 0 Å². The van der Waals surface area contributed by atoms with E-state index in [0.29, 0.717) is 0 Å². The lowest BCUT2D eigenvalue weighted by atomic mass is 10.1. The first-order valence-corrected chi connectivity index (χ1v) is 5.95. The maximum atomic E-state index is 11.7. The van der Waals surface area contributed by atoms with E-state index in [4.69, 9.17) is 21.7 Å². The number of esters is 1. The van der Waals surface area contributed by atoms with Gasteiger partial charge in [-0.15, -0.1) is 0 Å². The summed E-state index contributed by atoms with van der Waals surface area (Å²) in [5, 5.41) is 0.211. The zero-order valence-corrected chi connectivity index (χ0v) is 12.0. The molecule has 0 atom stereocenters. The van der Waals surface area contributed by atoms with Gasteiger partial charge in [-0.3, -0.25) is 9.59 Å². The zero-order valence-electron chi connectivity index (χ0n) is 11.2. The second-order valence-electron chi connectivity index (χ2n) is 4.04. The second kappa shape index (κ2) is 6.29. The Balaban J connectivity index is 3.20. The van der Waals surface area contributed by atoms with E-state index >= 15 is 0 Å². The van der Waals surface area contributed by atoms with Crippen molar-refractivity contribution in [3.05, 3.63) is 23.8 Å². The van der Waals surface area contributed by atoms with Crippen LogP contribution in [0.5, 0.6) is 11.5 Å². The summed E-state index contributed by atoms with van der Waals surface area (Å²) in [7, 11) is 3.46. The predicted molar refractivity (Wildman–Crippen MR) is 74.7 cm³/mol. The van der Waals surface area contributed by atoms with Crippen LogP contribution in [0.2, 0.25) is 0 Å². The van der Waals surface area contributed by atoms with Gasteiger partial charge >= 0.3 is 5.97 Å². The average Bonchev–Trinajstić information content (AvgIpc) is 2.27. The summed E-state index contributed by atoms with van der Waals surface area (Å²) in [5.74, 6) is -0.341. The highest BCUT2D eigenvalue weighted by atomic mass is 32.1. The van der Waals surface area contributed by atoms with Gasteiger partial charge in [0.05, 0.1) is 0 Å². The molecule has 0 aromatic heterocycles. The summed E-state index contributed by atoms with van der Waals surface area (Å²) in [4.78, 5) is 24.3. The van der Waals surface area contributed by atoms with Gasteiger partial charge < -0.3 is 14.4 Å². The van der Waals surface area contributed by atoms with Crippen molar-refractivity contribution in [3.63, 3.8) is 0 Å². The molecule has 0 aliphatic carbocycles. The number of carbonyl (C=O) groups is 2. The Morgan fingerprint density at radius 2 is 1.63 bits per heavy atom. The fourth-order valence-electron chi connectivity index (χ4n) is 1.37. The summed E-state index contributed by atoms with van der Waals surface area (Å²) in [6.45, 7) is 2.63. The summed E-state index contributed by atoms with van der Waals surface area (Å²) in [6, 6.07) is 4.75. The molecule has 0 amide bonds. The Morgan fingerprint density at radius 1 is 1.11 bits per heavy atom. The van der Waals surface area contributed by atoms with Crippen molar-refractivity contribution in [3.8, 4) is 11.5 Å². The molecular weight excluding hydrogens is 266 g/mol. The Kier molecular flexibility index (Phi) is 5.00. The Bertz CT molecular complexity index is 525. The van der Waals surface area contributed by atoms with E-state index in [0.717, 1.165) is 0 Å².